The zero-order chi connectivity index (χ0) is 20.1. The van der Waals surface area contributed by atoms with Crippen molar-refractivity contribution in [3.63, 3.8) is 0 Å². The minimum atomic E-state index is -4.58. The molecule has 2 aromatic heterocycles. The highest BCUT2D eigenvalue weighted by Crippen LogP contribution is 2.32. The summed E-state index contributed by atoms with van der Waals surface area (Å²) < 4.78 is 39.3. The fourth-order valence-electron chi connectivity index (χ4n) is 2.60. The van der Waals surface area contributed by atoms with Crippen molar-refractivity contribution in [2.75, 3.05) is 0 Å². The monoisotopic (exact) mass is 405 g/mol. The number of hydrogen-bond acceptors (Lipinski definition) is 3. The number of alkyl halides is 3. The van der Waals surface area contributed by atoms with E-state index in [-0.39, 0.29) is 24.6 Å². The number of hydrogen-bond donors (Lipinski definition) is 1. The van der Waals surface area contributed by atoms with Crippen LogP contribution >= 0.6 is 11.6 Å². The Morgan fingerprint density at radius 1 is 1.07 bits per heavy atom. The topological polar surface area (TPSA) is 54.9 Å². The van der Waals surface area contributed by atoms with Gasteiger partial charge in [0.2, 0.25) is 5.91 Å². The molecule has 3 rings (SSSR count). The largest absolute Gasteiger partial charge is 0.433 e. The Morgan fingerprint density at radius 3 is 2.57 bits per heavy atom. The molecule has 4 nitrogen and oxygen atoms in total. The van der Waals surface area contributed by atoms with Gasteiger partial charge in [0.15, 0.2) is 0 Å². The van der Waals surface area contributed by atoms with Crippen LogP contribution in [0.2, 0.25) is 5.02 Å². The number of halogens is 4. The molecule has 1 aromatic carbocycles. The van der Waals surface area contributed by atoms with E-state index >= 15 is 0 Å². The lowest BCUT2D eigenvalue weighted by Crippen LogP contribution is -2.25. The molecular weight excluding hydrogens is 391 g/mol. The van der Waals surface area contributed by atoms with E-state index in [0.29, 0.717) is 21.8 Å². The average Bonchev–Trinajstić information content (AvgIpc) is 2.66. The first-order valence-electron chi connectivity index (χ1n) is 8.32. The molecule has 0 radical (unpaired) electrons. The fourth-order valence-corrected chi connectivity index (χ4v) is 2.79. The predicted molar refractivity (Wildman–Crippen MR) is 99.5 cm³/mol. The van der Waals surface area contributed by atoms with E-state index in [4.69, 9.17) is 11.6 Å². The molecule has 2 heterocycles. The Kier molecular flexibility index (Phi) is 5.94. The highest BCUT2D eigenvalue weighted by molar-refractivity contribution is 6.30. The van der Waals surface area contributed by atoms with Crippen LogP contribution in [0.5, 0.6) is 0 Å². The molecule has 0 saturated carbocycles. The number of benzene rings is 1. The predicted octanol–water partition coefficient (Wildman–Crippen LogP) is 4.67. The molecule has 0 atom stereocenters. The van der Waals surface area contributed by atoms with E-state index in [2.05, 4.69) is 15.3 Å². The normalized spacial score (nSPS) is 11.3. The van der Waals surface area contributed by atoms with Gasteiger partial charge in [0.05, 0.1) is 12.1 Å². The summed E-state index contributed by atoms with van der Waals surface area (Å²) in [5.41, 5.74) is 0.597. The van der Waals surface area contributed by atoms with Gasteiger partial charge < -0.3 is 5.32 Å². The van der Waals surface area contributed by atoms with Gasteiger partial charge in [-0.2, -0.15) is 13.2 Å². The van der Waals surface area contributed by atoms with Crippen molar-refractivity contribution < 1.29 is 18.0 Å². The van der Waals surface area contributed by atoms with E-state index in [9.17, 15) is 18.0 Å². The SMILES string of the molecule is O=C(Cc1ccccn1)NCc1ccc(C(F)(F)F)nc1-c1cccc(Cl)c1. The number of amides is 1. The highest BCUT2D eigenvalue weighted by atomic mass is 35.5. The number of carbonyl (C=O) groups is 1. The standard InChI is InChI=1S/C20H15ClF3N3O/c21-15-5-3-4-13(10-15)19-14(7-8-17(27-19)20(22,23)24)12-26-18(28)11-16-6-1-2-9-25-16/h1-10H,11-12H2,(H,26,28). The summed E-state index contributed by atoms with van der Waals surface area (Å²) >= 11 is 5.97. The maximum absolute atomic E-state index is 13.1. The van der Waals surface area contributed by atoms with E-state index in [1.165, 1.54) is 12.1 Å². The van der Waals surface area contributed by atoms with Gasteiger partial charge in [0, 0.05) is 29.0 Å². The van der Waals surface area contributed by atoms with Gasteiger partial charge >= 0.3 is 6.18 Å². The maximum Gasteiger partial charge on any atom is 0.433 e. The molecule has 0 bridgehead atoms. The van der Waals surface area contributed by atoms with Crippen molar-refractivity contribution in [2.24, 2.45) is 0 Å². The zero-order valence-electron chi connectivity index (χ0n) is 14.5. The van der Waals surface area contributed by atoms with Gasteiger partial charge in [-0.3, -0.25) is 9.78 Å². The molecule has 0 spiro atoms. The second-order valence-electron chi connectivity index (χ2n) is 5.99. The number of nitrogens with zero attached hydrogens (tertiary/aromatic N) is 2. The molecule has 0 unspecified atom stereocenters. The Hall–Kier alpha value is -2.93. The van der Waals surface area contributed by atoms with Crippen LogP contribution in [0.4, 0.5) is 13.2 Å². The molecule has 144 valence electrons. The summed E-state index contributed by atoms with van der Waals surface area (Å²) in [4.78, 5) is 20.0. The maximum atomic E-state index is 13.1. The first-order chi connectivity index (χ1) is 13.3. The van der Waals surface area contributed by atoms with Crippen LogP contribution in [0.25, 0.3) is 11.3 Å². The van der Waals surface area contributed by atoms with Crippen molar-refractivity contribution in [3.05, 3.63) is 82.8 Å². The van der Waals surface area contributed by atoms with Crippen LogP contribution in [0.15, 0.2) is 60.8 Å². The van der Waals surface area contributed by atoms with Crippen molar-refractivity contribution in [3.8, 4) is 11.3 Å². The Morgan fingerprint density at radius 2 is 1.89 bits per heavy atom. The van der Waals surface area contributed by atoms with Crippen molar-refractivity contribution in [1.82, 2.24) is 15.3 Å². The number of rotatable bonds is 5. The molecular formula is C20H15ClF3N3O. The molecule has 8 heteroatoms. The molecule has 0 aliphatic carbocycles. The lowest BCUT2D eigenvalue weighted by Gasteiger charge is -2.14. The van der Waals surface area contributed by atoms with Crippen LogP contribution in [-0.2, 0) is 23.9 Å². The molecule has 0 saturated heterocycles. The van der Waals surface area contributed by atoms with Crippen LogP contribution in [-0.4, -0.2) is 15.9 Å². The second kappa shape index (κ2) is 8.39. The lowest BCUT2D eigenvalue weighted by molar-refractivity contribution is -0.141. The minimum Gasteiger partial charge on any atom is -0.352 e. The van der Waals surface area contributed by atoms with Crippen LogP contribution in [0.3, 0.4) is 0 Å². The van der Waals surface area contributed by atoms with Crippen molar-refractivity contribution in [1.29, 1.82) is 0 Å². The van der Waals surface area contributed by atoms with Gasteiger partial charge in [-0.05, 0) is 35.9 Å². The van der Waals surface area contributed by atoms with E-state index in [0.717, 1.165) is 6.07 Å². The van der Waals surface area contributed by atoms with Crippen LogP contribution in [0, 0.1) is 0 Å². The molecule has 28 heavy (non-hydrogen) atoms. The van der Waals surface area contributed by atoms with Crippen LogP contribution < -0.4 is 5.32 Å². The second-order valence-corrected chi connectivity index (χ2v) is 6.42. The van der Waals surface area contributed by atoms with Crippen molar-refractivity contribution in [2.45, 2.75) is 19.1 Å². The summed E-state index contributed by atoms with van der Waals surface area (Å²) in [6.45, 7) is 0.0264. The highest BCUT2D eigenvalue weighted by Gasteiger charge is 2.33. The summed E-state index contributed by atoms with van der Waals surface area (Å²) in [6.07, 6.45) is -2.92. The van der Waals surface area contributed by atoms with Gasteiger partial charge in [0.25, 0.3) is 0 Å². The van der Waals surface area contributed by atoms with Gasteiger partial charge in [0.1, 0.15) is 5.69 Å². The zero-order valence-corrected chi connectivity index (χ0v) is 15.3. The summed E-state index contributed by atoms with van der Waals surface area (Å²) in [5, 5.41) is 3.07. The number of aromatic nitrogens is 2. The first-order valence-corrected chi connectivity index (χ1v) is 8.70. The third-order valence-electron chi connectivity index (χ3n) is 3.91. The van der Waals surface area contributed by atoms with Gasteiger partial charge in [-0.1, -0.05) is 35.9 Å². The number of nitrogens with one attached hydrogen (secondary N) is 1. The molecule has 1 amide bonds. The Bertz CT molecular complexity index is 978. The Labute approximate surface area is 164 Å². The fraction of sp³-hybridized carbons (Fsp3) is 0.150. The molecule has 0 aliphatic heterocycles. The van der Waals surface area contributed by atoms with Crippen molar-refractivity contribution >= 4 is 17.5 Å². The summed E-state index contributed by atoms with van der Waals surface area (Å²) in [7, 11) is 0. The smallest absolute Gasteiger partial charge is 0.352 e. The van der Waals surface area contributed by atoms with E-state index in [1.807, 2.05) is 0 Å². The first kappa shape index (κ1) is 19.8. The number of carbonyl (C=O) groups excluding carboxylic acids is 1. The van der Waals surface area contributed by atoms with Gasteiger partial charge in [-0.15, -0.1) is 0 Å². The van der Waals surface area contributed by atoms with Crippen LogP contribution in [0.1, 0.15) is 17.0 Å². The Balaban J connectivity index is 1.84. The molecule has 3 aromatic rings. The summed E-state index contributed by atoms with van der Waals surface area (Å²) in [6, 6.07) is 13.8. The number of pyridine rings is 2. The summed E-state index contributed by atoms with van der Waals surface area (Å²) in [5.74, 6) is -0.296. The molecule has 0 fully saturated rings. The molecule has 1 N–H and O–H groups in total. The lowest BCUT2D eigenvalue weighted by atomic mass is 10.0. The third kappa shape index (κ3) is 5.07. The van der Waals surface area contributed by atoms with E-state index in [1.54, 1.807) is 42.6 Å². The van der Waals surface area contributed by atoms with E-state index < -0.39 is 11.9 Å². The quantitative estimate of drug-likeness (QED) is 0.670. The average molecular weight is 406 g/mol. The minimum absolute atomic E-state index is 0.0264. The third-order valence-corrected chi connectivity index (χ3v) is 4.15. The van der Waals surface area contributed by atoms with Gasteiger partial charge in [-0.25, -0.2) is 4.98 Å². The molecule has 0 aliphatic rings.